The molecule has 2 aromatic rings. The van der Waals surface area contributed by atoms with Gasteiger partial charge in [0.2, 0.25) is 5.91 Å². The lowest BCUT2D eigenvalue weighted by atomic mass is 9.83. The topological polar surface area (TPSA) is 68.7 Å². The number of hydrogen-bond donors (Lipinski definition) is 0. The van der Waals surface area contributed by atoms with Crippen LogP contribution in [0, 0.1) is 12.8 Å². The van der Waals surface area contributed by atoms with Crippen molar-refractivity contribution < 1.29 is 19.1 Å². The predicted octanol–water partition coefficient (Wildman–Crippen LogP) is 6.86. The van der Waals surface area contributed by atoms with Gasteiger partial charge < -0.3 is 9.47 Å². The van der Waals surface area contributed by atoms with Crippen LogP contribution in [-0.2, 0) is 14.3 Å². The molecule has 6 heteroatoms. The fourth-order valence-electron chi connectivity index (χ4n) is 5.28. The van der Waals surface area contributed by atoms with Crippen molar-refractivity contribution in [1.29, 1.82) is 0 Å². The second-order valence-corrected chi connectivity index (χ2v) is 10.1. The third kappa shape index (κ3) is 8.44. The molecule has 0 atom stereocenters. The van der Waals surface area contributed by atoms with Gasteiger partial charge in [0.15, 0.2) is 0 Å². The summed E-state index contributed by atoms with van der Waals surface area (Å²) in [5.74, 6) is 2.22. The van der Waals surface area contributed by atoms with Crippen LogP contribution in [0.25, 0.3) is 6.08 Å². The number of methoxy groups -OCH3 is 2. The Bertz CT molecular complexity index is 1050. The molecule has 1 aromatic heterocycles. The van der Waals surface area contributed by atoms with Gasteiger partial charge >= 0.3 is 5.97 Å². The van der Waals surface area contributed by atoms with Crippen molar-refractivity contribution in [1.82, 2.24) is 4.98 Å². The van der Waals surface area contributed by atoms with Crippen molar-refractivity contribution >= 4 is 23.8 Å². The standard InChI is InChI=1S/C17H22N2O3.C14H20O/c1-19(17(21)14-6-4-3-5-7-14)15-12-13(10-11-18-15)8-9-16(20)22-2;1-11-10-13(8-9-14(11)15-2)12-6-4-3-5-7-12/h8-12,14H,3-7H2,1-2H3;8-10,12H,3-7H2,1-2H3/b9-8+;. The van der Waals surface area contributed by atoms with Crippen molar-refractivity contribution in [2.24, 2.45) is 5.92 Å². The molecule has 1 heterocycles. The Hall–Kier alpha value is -3.15. The zero-order chi connectivity index (χ0) is 26.6. The molecule has 1 aromatic carbocycles. The Morgan fingerprint density at radius 1 is 0.946 bits per heavy atom. The van der Waals surface area contributed by atoms with Gasteiger partial charge in [-0.25, -0.2) is 9.78 Å². The van der Waals surface area contributed by atoms with E-state index < -0.39 is 5.97 Å². The Morgan fingerprint density at radius 3 is 2.24 bits per heavy atom. The number of carbonyl (C=O) groups is 2. The maximum Gasteiger partial charge on any atom is 0.330 e. The Labute approximate surface area is 222 Å². The van der Waals surface area contributed by atoms with Crippen LogP contribution in [0.4, 0.5) is 5.82 Å². The van der Waals surface area contributed by atoms with Crippen LogP contribution >= 0.6 is 0 Å². The monoisotopic (exact) mass is 506 g/mol. The van der Waals surface area contributed by atoms with Crippen LogP contribution in [0.15, 0.2) is 42.6 Å². The molecule has 0 aliphatic heterocycles. The summed E-state index contributed by atoms with van der Waals surface area (Å²) in [7, 11) is 4.83. The Balaban J connectivity index is 0.000000220. The largest absolute Gasteiger partial charge is 0.496 e. The van der Waals surface area contributed by atoms with Gasteiger partial charge in [0.05, 0.1) is 14.2 Å². The summed E-state index contributed by atoms with van der Waals surface area (Å²) in [6.45, 7) is 2.13. The number of carbonyl (C=O) groups excluding carboxylic acids is 2. The van der Waals surface area contributed by atoms with Gasteiger partial charge in [-0.15, -0.1) is 0 Å². The number of aromatic nitrogens is 1. The number of anilines is 1. The highest BCUT2D eigenvalue weighted by Crippen LogP contribution is 2.34. The van der Waals surface area contributed by atoms with Crippen molar-refractivity contribution in [2.45, 2.75) is 77.0 Å². The zero-order valence-corrected chi connectivity index (χ0v) is 22.9. The zero-order valence-electron chi connectivity index (χ0n) is 22.9. The lowest BCUT2D eigenvalue weighted by molar-refractivity contribution is -0.134. The first-order valence-electron chi connectivity index (χ1n) is 13.6. The number of nitrogens with zero attached hydrogens (tertiary/aromatic N) is 2. The van der Waals surface area contributed by atoms with Crippen LogP contribution < -0.4 is 9.64 Å². The normalized spacial score (nSPS) is 16.5. The van der Waals surface area contributed by atoms with Crippen LogP contribution in [-0.4, -0.2) is 38.1 Å². The molecule has 0 unspecified atom stereocenters. The van der Waals surface area contributed by atoms with E-state index in [0.717, 1.165) is 42.9 Å². The first-order chi connectivity index (χ1) is 17.9. The van der Waals surface area contributed by atoms with Crippen LogP contribution in [0.2, 0.25) is 0 Å². The summed E-state index contributed by atoms with van der Waals surface area (Å²) in [6.07, 6.45) is 17.0. The number of benzene rings is 1. The molecular weight excluding hydrogens is 464 g/mol. The Morgan fingerprint density at radius 2 is 1.62 bits per heavy atom. The molecule has 2 aliphatic carbocycles. The molecule has 200 valence electrons. The van der Waals surface area contributed by atoms with E-state index in [4.69, 9.17) is 4.74 Å². The van der Waals surface area contributed by atoms with Gasteiger partial charge in [-0.2, -0.15) is 0 Å². The van der Waals surface area contributed by atoms with E-state index in [1.807, 2.05) is 0 Å². The molecule has 0 N–H and O–H groups in total. The second-order valence-electron chi connectivity index (χ2n) is 10.1. The van der Waals surface area contributed by atoms with Crippen molar-refractivity contribution in [3.63, 3.8) is 0 Å². The fourth-order valence-corrected chi connectivity index (χ4v) is 5.28. The molecule has 1 amide bonds. The lowest BCUT2D eigenvalue weighted by Crippen LogP contribution is -2.34. The van der Waals surface area contributed by atoms with Gasteiger partial charge in [0, 0.05) is 25.2 Å². The number of esters is 1. The van der Waals surface area contributed by atoms with Crippen molar-refractivity contribution in [3.05, 3.63) is 59.3 Å². The molecule has 37 heavy (non-hydrogen) atoms. The van der Waals surface area contributed by atoms with E-state index in [2.05, 4.69) is 34.8 Å². The van der Waals surface area contributed by atoms with E-state index in [0.29, 0.717) is 5.82 Å². The van der Waals surface area contributed by atoms with Gasteiger partial charge in [-0.05, 0) is 79.5 Å². The minimum atomic E-state index is -0.412. The van der Waals surface area contributed by atoms with E-state index in [1.165, 1.54) is 62.8 Å². The molecule has 2 saturated carbocycles. The smallest absolute Gasteiger partial charge is 0.330 e. The highest BCUT2D eigenvalue weighted by Gasteiger charge is 2.25. The number of pyridine rings is 1. The predicted molar refractivity (Wildman–Crippen MR) is 149 cm³/mol. The first kappa shape index (κ1) is 28.4. The number of ether oxygens (including phenoxy) is 2. The summed E-state index contributed by atoms with van der Waals surface area (Å²) in [5, 5.41) is 0. The molecular formula is C31H42N2O4. The van der Waals surface area contributed by atoms with Crippen LogP contribution in [0.5, 0.6) is 5.75 Å². The molecule has 0 spiro atoms. The van der Waals surface area contributed by atoms with Crippen LogP contribution in [0.3, 0.4) is 0 Å². The minimum Gasteiger partial charge on any atom is -0.496 e. The fraction of sp³-hybridized carbons (Fsp3) is 0.516. The molecule has 2 fully saturated rings. The summed E-state index contributed by atoms with van der Waals surface area (Å²) in [4.78, 5) is 29.5. The van der Waals surface area contributed by atoms with Crippen molar-refractivity contribution in [2.75, 3.05) is 26.2 Å². The highest BCUT2D eigenvalue weighted by molar-refractivity contribution is 5.94. The quantitative estimate of drug-likeness (QED) is 0.316. The molecule has 2 aliphatic rings. The average molecular weight is 507 g/mol. The highest BCUT2D eigenvalue weighted by atomic mass is 16.5. The lowest BCUT2D eigenvalue weighted by Gasteiger charge is -2.25. The summed E-state index contributed by atoms with van der Waals surface area (Å²) >= 11 is 0. The molecule has 4 rings (SSSR count). The van der Waals surface area contributed by atoms with Gasteiger partial charge in [-0.1, -0.05) is 50.7 Å². The van der Waals surface area contributed by atoms with E-state index in [9.17, 15) is 9.59 Å². The third-order valence-electron chi connectivity index (χ3n) is 7.51. The van der Waals surface area contributed by atoms with Gasteiger partial charge in [-0.3, -0.25) is 9.69 Å². The summed E-state index contributed by atoms with van der Waals surface area (Å²) in [5.41, 5.74) is 3.58. The maximum atomic E-state index is 12.5. The Kier molecular flexibility index (Phi) is 11.2. The summed E-state index contributed by atoms with van der Waals surface area (Å²) < 4.78 is 9.85. The van der Waals surface area contributed by atoms with E-state index in [1.54, 1.807) is 43.5 Å². The molecule has 0 radical (unpaired) electrons. The third-order valence-corrected chi connectivity index (χ3v) is 7.51. The molecule has 0 saturated heterocycles. The van der Waals surface area contributed by atoms with Crippen LogP contribution in [0.1, 0.15) is 86.8 Å². The molecule has 6 nitrogen and oxygen atoms in total. The van der Waals surface area contributed by atoms with Gasteiger partial charge in [0.25, 0.3) is 0 Å². The molecule has 0 bridgehead atoms. The van der Waals surface area contributed by atoms with E-state index >= 15 is 0 Å². The number of aryl methyl sites for hydroxylation is 1. The first-order valence-corrected chi connectivity index (χ1v) is 13.6. The minimum absolute atomic E-state index is 0.106. The maximum absolute atomic E-state index is 12.5. The number of amides is 1. The van der Waals surface area contributed by atoms with Gasteiger partial charge in [0.1, 0.15) is 11.6 Å². The van der Waals surface area contributed by atoms with E-state index in [-0.39, 0.29) is 11.8 Å². The number of rotatable bonds is 6. The van der Waals surface area contributed by atoms with Crippen molar-refractivity contribution in [3.8, 4) is 5.75 Å². The second kappa shape index (κ2) is 14.6. The average Bonchev–Trinajstić information content (AvgIpc) is 2.96. The number of hydrogen-bond acceptors (Lipinski definition) is 5. The summed E-state index contributed by atoms with van der Waals surface area (Å²) in [6, 6.07) is 10.2. The SMILES string of the molecule is COC(=O)/C=C/c1ccnc(N(C)C(=O)C2CCCCC2)c1.COc1ccc(C2CCCCC2)cc1C.